The fourth-order valence-corrected chi connectivity index (χ4v) is 4.04. The van der Waals surface area contributed by atoms with Gasteiger partial charge in [-0.25, -0.2) is 0 Å². The Morgan fingerprint density at radius 1 is 1.25 bits per heavy atom. The molecule has 2 fully saturated rings. The van der Waals surface area contributed by atoms with Gasteiger partial charge in [0.25, 0.3) is 0 Å². The fraction of sp³-hybridized carbons (Fsp3) is 0.632. The molecule has 0 radical (unpaired) electrons. The monoisotopic (exact) mass is 350 g/mol. The van der Waals surface area contributed by atoms with Crippen LogP contribution in [0.4, 0.5) is 0 Å². The summed E-state index contributed by atoms with van der Waals surface area (Å²) in [5.74, 6) is 0.108. The lowest BCUT2D eigenvalue weighted by molar-refractivity contribution is -0.122. The SMILES string of the molecule is O=C(CC1COCCN1)NCC1(c2ccc(Cl)cc2)CCCCC1. The zero-order valence-electron chi connectivity index (χ0n) is 14.2. The molecule has 132 valence electrons. The zero-order valence-corrected chi connectivity index (χ0v) is 14.9. The van der Waals surface area contributed by atoms with Gasteiger partial charge in [0.1, 0.15) is 0 Å². The molecule has 1 heterocycles. The van der Waals surface area contributed by atoms with E-state index < -0.39 is 0 Å². The Balaban J connectivity index is 1.61. The molecule has 24 heavy (non-hydrogen) atoms. The summed E-state index contributed by atoms with van der Waals surface area (Å²) in [7, 11) is 0. The first-order chi connectivity index (χ1) is 11.7. The number of nitrogens with one attached hydrogen (secondary N) is 2. The summed E-state index contributed by atoms with van der Waals surface area (Å²) in [6, 6.07) is 8.29. The number of carbonyl (C=O) groups excluding carboxylic acids is 1. The lowest BCUT2D eigenvalue weighted by Gasteiger charge is -2.38. The van der Waals surface area contributed by atoms with Gasteiger partial charge in [-0.1, -0.05) is 43.0 Å². The van der Waals surface area contributed by atoms with E-state index in [1.54, 1.807) is 0 Å². The van der Waals surface area contributed by atoms with E-state index in [-0.39, 0.29) is 17.4 Å². The van der Waals surface area contributed by atoms with Crippen LogP contribution in [0.1, 0.15) is 44.1 Å². The molecule has 0 spiro atoms. The van der Waals surface area contributed by atoms with Gasteiger partial charge in [-0.05, 0) is 30.5 Å². The molecule has 3 rings (SSSR count). The van der Waals surface area contributed by atoms with Gasteiger partial charge in [0.05, 0.1) is 13.2 Å². The van der Waals surface area contributed by atoms with E-state index in [9.17, 15) is 4.79 Å². The van der Waals surface area contributed by atoms with Gasteiger partial charge in [-0.15, -0.1) is 0 Å². The van der Waals surface area contributed by atoms with Gasteiger partial charge in [-0.2, -0.15) is 0 Å². The fourth-order valence-electron chi connectivity index (χ4n) is 3.91. The molecule has 2 N–H and O–H groups in total. The van der Waals surface area contributed by atoms with Crippen LogP contribution in [-0.2, 0) is 14.9 Å². The van der Waals surface area contributed by atoms with Crippen molar-refractivity contribution in [2.45, 2.75) is 50.0 Å². The van der Waals surface area contributed by atoms with Crippen LogP contribution >= 0.6 is 11.6 Å². The number of rotatable bonds is 5. The summed E-state index contributed by atoms with van der Waals surface area (Å²) in [4.78, 5) is 12.4. The van der Waals surface area contributed by atoms with Gasteiger partial charge in [-0.3, -0.25) is 4.79 Å². The second kappa shape index (κ2) is 8.32. The predicted octanol–water partition coefficient (Wildman–Crippen LogP) is 3.04. The Bertz CT molecular complexity index is 535. The molecule has 1 aliphatic heterocycles. The minimum atomic E-state index is 0.0506. The van der Waals surface area contributed by atoms with Gasteiger partial charge in [0.2, 0.25) is 5.91 Å². The predicted molar refractivity (Wildman–Crippen MR) is 96.5 cm³/mol. The van der Waals surface area contributed by atoms with Gasteiger partial charge < -0.3 is 15.4 Å². The Labute approximate surface area is 149 Å². The summed E-state index contributed by atoms with van der Waals surface area (Å²) in [5, 5.41) is 7.28. The minimum Gasteiger partial charge on any atom is -0.378 e. The van der Waals surface area contributed by atoms with Crippen LogP contribution in [-0.4, -0.2) is 38.3 Å². The van der Waals surface area contributed by atoms with Gasteiger partial charge in [0.15, 0.2) is 0 Å². The molecule has 5 heteroatoms. The van der Waals surface area contributed by atoms with E-state index in [4.69, 9.17) is 16.3 Å². The van der Waals surface area contributed by atoms with Crippen molar-refractivity contribution in [3.05, 3.63) is 34.9 Å². The molecule has 1 aromatic rings. The molecule has 0 aromatic heterocycles. The molecule has 4 nitrogen and oxygen atoms in total. The summed E-state index contributed by atoms with van der Waals surface area (Å²) in [6.45, 7) is 2.89. The first-order valence-electron chi connectivity index (χ1n) is 9.02. The van der Waals surface area contributed by atoms with Crippen molar-refractivity contribution in [3.8, 4) is 0 Å². The molecular formula is C19H27ClN2O2. The topological polar surface area (TPSA) is 50.4 Å². The number of ether oxygens (including phenoxy) is 1. The summed E-state index contributed by atoms with van der Waals surface area (Å²) in [5.41, 5.74) is 1.35. The molecule has 1 atom stereocenters. The van der Waals surface area contributed by atoms with Crippen molar-refractivity contribution in [1.29, 1.82) is 0 Å². The third kappa shape index (κ3) is 4.50. The lowest BCUT2D eigenvalue weighted by atomic mass is 9.69. The number of morpholine rings is 1. The maximum Gasteiger partial charge on any atom is 0.221 e. The van der Waals surface area contributed by atoms with Crippen LogP contribution in [0.25, 0.3) is 0 Å². The highest BCUT2D eigenvalue weighted by molar-refractivity contribution is 6.30. The highest BCUT2D eigenvalue weighted by atomic mass is 35.5. The highest BCUT2D eigenvalue weighted by Gasteiger charge is 2.34. The molecule has 1 unspecified atom stereocenters. The number of hydrogen-bond donors (Lipinski definition) is 2. The first-order valence-corrected chi connectivity index (χ1v) is 9.40. The van der Waals surface area contributed by atoms with E-state index in [1.807, 2.05) is 12.1 Å². The van der Waals surface area contributed by atoms with Gasteiger partial charge >= 0.3 is 0 Å². The van der Waals surface area contributed by atoms with Crippen LogP contribution in [0.15, 0.2) is 24.3 Å². The smallest absolute Gasteiger partial charge is 0.221 e. The number of amides is 1. The number of carbonyl (C=O) groups is 1. The molecule has 1 amide bonds. The van der Waals surface area contributed by atoms with Crippen molar-refractivity contribution in [1.82, 2.24) is 10.6 Å². The third-order valence-corrected chi connectivity index (χ3v) is 5.57. The van der Waals surface area contributed by atoms with Crippen molar-refractivity contribution < 1.29 is 9.53 Å². The van der Waals surface area contributed by atoms with Crippen molar-refractivity contribution in [2.24, 2.45) is 0 Å². The van der Waals surface area contributed by atoms with Crippen molar-refractivity contribution >= 4 is 17.5 Å². The Kier molecular flexibility index (Phi) is 6.14. The van der Waals surface area contributed by atoms with Crippen molar-refractivity contribution in [2.75, 3.05) is 26.3 Å². The van der Waals surface area contributed by atoms with Gasteiger partial charge in [0, 0.05) is 36.0 Å². The largest absolute Gasteiger partial charge is 0.378 e. The quantitative estimate of drug-likeness (QED) is 0.858. The Morgan fingerprint density at radius 2 is 2.00 bits per heavy atom. The van der Waals surface area contributed by atoms with Crippen LogP contribution in [0.2, 0.25) is 5.02 Å². The molecule has 1 saturated carbocycles. The number of halogens is 1. The standard InChI is InChI=1S/C19H27ClN2O2/c20-16-6-4-15(5-7-16)19(8-2-1-3-9-19)14-22-18(23)12-17-13-24-11-10-21-17/h4-7,17,21H,1-3,8-14H2,(H,22,23). The Hall–Kier alpha value is -1.10. The van der Waals surface area contributed by atoms with E-state index in [1.165, 1.54) is 24.8 Å². The average Bonchev–Trinajstić information content (AvgIpc) is 2.62. The van der Waals surface area contributed by atoms with E-state index in [0.29, 0.717) is 19.6 Å². The molecule has 1 aliphatic carbocycles. The molecule has 2 aliphatic rings. The second-order valence-corrected chi connectivity index (χ2v) is 7.49. The second-order valence-electron chi connectivity index (χ2n) is 7.05. The van der Waals surface area contributed by atoms with Crippen LogP contribution < -0.4 is 10.6 Å². The van der Waals surface area contributed by atoms with Crippen molar-refractivity contribution in [3.63, 3.8) is 0 Å². The highest BCUT2D eigenvalue weighted by Crippen LogP contribution is 2.39. The van der Waals surface area contributed by atoms with Crippen LogP contribution in [0.3, 0.4) is 0 Å². The van der Waals surface area contributed by atoms with Crippen LogP contribution in [0, 0.1) is 0 Å². The summed E-state index contributed by atoms with van der Waals surface area (Å²) in [6.07, 6.45) is 6.45. The first kappa shape index (κ1) is 17.7. The van der Waals surface area contributed by atoms with E-state index in [0.717, 1.165) is 31.0 Å². The van der Waals surface area contributed by atoms with Crippen LogP contribution in [0.5, 0.6) is 0 Å². The maximum absolute atomic E-state index is 12.4. The lowest BCUT2D eigenvalue weighted by Crippen LogP contribution is -2.47. The molecule has 1 saturated heterocycles. The zero-order chi connectivity index (χ0) is 16.8. The molecule has 1 aromatic carbocycles. The maximum atomic E-state index is 12.4. The normalized spacial score (nSPS) is 23.6. The van der Waals surface area contributed by atoms with E-state index >= 15 is 0 Å². The molecule has 0 bridgehead atoms. The third-order valence-electron chi connectivity index (χ3n) is 5.32. The number of hydrogen-bond acceptors (Lipinski definition) is 3. The molecular weight excluding hydrogens is 324 g/mol. The summed E-state index contributed by atoms with van der Waals surface area (Å²) < 4.78 is 5.42. The number of benzene rings is 1. The minimum absolute atomic E-state index is 0.0506. The Morgan fingerprint density at radius 3 is 2.67 bits per heavy atom. The average molecular weight is 351 g/mol. The van der Waals surface area contributed by atoms with E-state index in [2.05, 4.69) is 22.8 Å². The summed E-state index contributed by atoms with van der Waals surface area (Å²) >= 11 is 6.04.